The van der Waals surface area contributed by atoms with Gasteiger partial charge in [0, 0.05) is 5.02 Å². The van der Waals surface area contributed by atoms with Crippen LogP contribution < -0.4 is 0 Å². The smallest absolute Gasteiger partial charge is 0.338 e. The number of esters is 1. The largest absolute Gasteiger partial charge is 0.453 e. The Kier molecular flexibility index (Phi) is 4.40. The third kappa shape index (κ3) is 3.35. The summed E-state index contributed by atoms with van der Waals surface area (Å²) in [4.78, 5) is 16.4. The van der Waals surface area contributed by atoms with Crippen LogP contribution in [0.4, 0.5) is 0 Å². The van der Waals surface area contributed by atoms with Gasteiger partial charge in [-0.1, -0.05) is 11.6 Å². The summed E-state index contributed by atoms with van der Waals surface area (Å²) in [5.41, 5.74) is 0.808. The van der Waals surface area contributed by atoms with Gasteiger partial charge in [-0.05, 0) is 25.1 Å². The molecule has 0 N–H and O–H groups in total. The van der Waals surface area contributed by atoms with E-state index in [1.165, 1.54) is 11.3 Å². The minimum Gasteiger partial charge on any atom is -0.453 e. The molecule has 1 aromatic carbocycles. The number of halogens is 1. The number of carbonyl (C=O) groups is 1. The molecule has 0 spiro atoms. The molecule has 21 heavy (non-hydrogen) atoms. The van der Waals surface area contributed by atoms with Crippen molar-refractivity contribution in [2.24, 2.45) is 0 Å². The number of hydrogen-bond acceptors (Lipinski definition) is 6. The van der Waals surface area contributed by atoms with Gasteiger partial charge >= 0.3 is 5.97 Å². The van der Waals surface area contributed by atoms with Crippen LogP contribution in [0.1, 0.15) is 18.0 Å². The molecule has 0 radical (unpaired) electrons. The SMILES string of the molecule is C[C@@H](OC(=O)[C@@H]1COCCO1)c1nc2cc(Cl)ccc2s1. The summed E-state index contributed by atoms with van der Waals surface area (Å²) in [7, 11) is 0. The Balaban J connectivity index is 1.71. The van der Waals surface area contributed by atoms with Crippen molar-refractivity contribution < 1.29 is 19.0 Å². The van der Waals surface area contributed by atoms with Crippen molar-refractivity contribution in [3.05, 3.63) is 28.2 Å². The van der Waals surface area contributed by atoms with Crippen LogP contribution in [0.2, 0.25) is 5.02 Å². The van der Waals surface area contributed by atoms with Crippen molar-refractivity contribution in [3.8, 4) is 0 Å². The van der Waals surface area contributed by atoms with Crippen molar-refractivity contribution in [1.82, 2.24) is 4.98 Å². The standard InChI is InChI=1S/C14H14ClNO4S/c1-8(20-14(17)11-7-18-4-5-19-11)13-16-10-6-9(15)2-3-12(10)21-13/h2-3,6,8,11H,4-5,7H2,1H3/t8-,11+/m1/s1. The number of carbonyl (C=O) groups excluding carboxylic acids is 1. The zero-order chi connectivity index (χ0) is 14.8. The fourth-order valence-electron chi connectivity index (χ4n) is 2.02. The van der Waals surface area contributed by atoms with E-state index in [0.29, 0.717) is 18.2 Å². The van der Waals surface area contributed by atoms with Crippen LogP contribution in [0.3, 0.4) is 0 Å². The first-order valence-electron chi connectivity index (χ1n) is 6.59. The van der Waals surface area contributed by atoms with Gasteiger partial charge in [0.2, 0.25) is 0 Å². The van der Waals surface area contributed by atoms with Gasteiger partial charge in [0.05, 0.1) is 30.0 Å². The summed E-state index contributed by atoms with van der Waals surface area (Å²) < 4.78 is 16.9. The Hall–Kier alpha value is -1.21. The van der Waals surface area contributed by atoms with E-state index >= 15 is 0 Å². The highest BCUT2D eigenvalue weighted by molar-refractivity contribution is 7.18. The minimum atomic E-state index is -0.648. The molecule has 0 aliphatic carbocycles. The number of fused-ring (bicyclic) bond motifs is 1. The molecule has 0 saturated carbocycles. The van der Waals surface area contributed by atoms with Crippen LogP contribution in [0.25, 0.3) is 10.2 Å². The van der Waals surface area contributed by atoms with E-state index < -0.39 is 18.2 Å². The summed E-state index contributed by atoms with van der Waals surface area (Å²) in [6.07, 6.45) is -1.08. The quantitative estimate of drug-likeness (QED) is 0.811. The lowest BCUT2D eigenvalue weighted by molar-refractivity contribution is -0.175. The van der Waals surface area contributed by atoms with E-state index in [1.54, 1.807) is 13.0 Å². The van der Waals surface area contributed by atoms with Gasteiger partial charge in [0.25, 0.3) is 0 Å². The Labute approximate surface area is 130 Å². The topological polar surface area (TPSA) is 57.7 Å². The molecule has 2 heterocycles. The molecule has 0 bridgehead atoms. The summed E-state index contributed by atoms with van der Waals surface area (Å²) in [5.74, 6) is -0.417. The predicted molar refractivity (Wildman–Crippen MR) is 79.7 cm³/mol. The lowest BCUT2D eigenvalue weighted by Gasteiger charge is -2.22. The third-order valence-electron chi connectivity index (χ3n) is 3.09. The van der Waals surface area contributed by atoms with Crippen LogP contribution in [0.15, 0.2) is 18.2 Å². The number of hydrogen-bond donors (Lipinski definition) is 0. The van der Waals surface area contributed by atoms with Gasteiger partial charge in [-0.3, -0.25) is 0 Å². The van der Waals surface area contributed by atoms with Gasteiger partial charge in [-0.25, -0.2) is 9.78 Å². The predicted octanol–water partition coefficient (Wildman–Crippen LogP) is 2.97. The van der Waals surface area contributed by atoms with Crippen LogP contribution >= 0.6 is 22.9 Å². The zero-order valence-electron chi connectivity index (χ0n) is 11.4. The number of ether oxygens (including phenoxy) is 3. The first-order valence-corrected chi connectivity index (χ1v) is 7.79. The average Bonchev–Trinajstić information content (AvgIpc) is 2.91. The van der Waals surface area contributed by atoms with E-state index in [1.807, 2.05) is 12.1 Å². The maximum Gasteiger partial charge on any atom is 0.338 e. The van der Waals surface area contributed by atoms with Crippen molar-refractivity contribution in [1.29, 1.82) is 0 Å². The molecule has 2 aromatic rings. The zero-order valence-corrected chi connectivity index (χ0v) is 12.9. The molecule has 1 aliphatic heterocycles. The van der Waals surface area contributed by atoms with E-state index in [-0.39, 0.29) is 6.61 Å². The molecule has 2 atom stereocenters. The summed E-state index contributed by atoms with van der Waals surface area (Å²) in [6, 6.07) is 5.52. The molecule has 0 unspecified atom stereocenters. The number of rotatable bonds is 3. The molecule has 5 nitrogen and oxygen atoms in total. The van der Waals surface area contributed by atoms with Crippen LogP contribution in [-0.2, 0) is 19.0 Å². The maximum atomic E-state index is 12.0. The summed E-state index contributed by atoms with van der Waals surface area (Å²) in [6.45, 7) is 2.95. The minimum absolute atomic E-state index is 0.237. The number of benzene rings is 1. The highest BCUT2D eigenvalue weighted by atomic mass is 35.5. The van der Waals surface area contributed by atoms with E-state index in [0.717, 1.165) is 15.2 Å². The lowest BCUT2D eigenvalue weighted by atomic mass is 10.3. The lowest BCUT2D eigenvalue weighted by Crippen LogP contribution is -2.37. The maximum absolute atomic E-state index is 12.0. The van der Waals surface area contributed by atoms with Crippen molar-refractivity contribution in [2.45, 2.75) is 19.1 Å². The number of aromatic nitrogens is 1. The van der Waals surface area contributed by atoms with Gasteiger partial charge in [-0.15, -0.1) is 11.3 Å². The van der Waals surface area contributed by atoms with Crippen LogP contribution in [0, 0.1) is 0 Å². The number of thiazole rings is 1. The van der Waals surface area contributed by atoms with Crippen molar-refractivity contribution >= 4 is 39.1 Å². The van der Waals surface area contributed by atoms with Crippen LogP contribution in [0.5, 0.6) is 0 Å². The fraction of sp³-hybridized carbons (Fsp3) is 0.429. The molecule has 0 amide bonds. The third-order valence-corrected chi connectivity index (χ3v) is 4.52. The highest BCUT2D eigenvalue weighted by Gasteiger charge is 2.27. The van der Waals surface area contributed by atoms with Gasteiger partial charge in [-0.2, -0.15) is 0 Å². The molecule has 3 rings (SSSR count). The fourth-order valence-corrected chi connectivity index (χ4v) is 3.11. The second-order valence-corrected chi connectivity index (χ2v) is 6.18. The molecular formula is C14H14ClNO4S. The normalized spacial score (nSPS) is 20.4. The molecule has 1 aliphatic rings. The summed E-state index contributed by atoms with van der Waals surface area (Å²) >= 11 is 7.43. The molecule has 1 aromatic heterocycles. The Morgan fingerprint density at radius 2 is 2.38 bits per heavy atom. The molecular weight excluding hydrogens is 314 g/mol. The Morgan fingerprint density at radius 3 is 3.14 bits per heavy atom. The van der Waals surface area contributed by atoms with Gasteiger partial charge in [0.15, 0.2) is 12.2 Å². The van der Waals surface area contributed by atoms with E-state index in [2.05, 4.69) is 4.98 Å². The highest BCUT2D eigenvalue weighted by Crippen LogP contribution is 2.30. The number of nitrogens with zero attached hydrogens (tertiary/aromatic N) is 1. The van der Waals surface area contributed by atoms with Gasteiger partial charge < -0.3 is 14.2 Å². The molecule has 7 heteroatoms. The second kappa shape index (κ2) is 6.27. The van der Waals surface area contributed by atoms with E-state index in [9.17, 15) is 4.79 Å². The second-order valence-electron chi connectivity index (χ2n) is 4.68. The van der Waals surface area contributed by atoms with Crippen LogP contribution in [-0.4, -0.2) is 36.9 Å². The first kappa shape index (κ1) is 14.7. The van der Waals surface area contributed by atoms with E-state index in [4.69, 9.17) is 25.8 Å². The molecule has 1 fully saturated rings. The first-order chi connectivity index (χ1) is 10.1. The van der Waals surface area contributed by atoms with Crippen molar-refractivity contribution in [3.63, 3.8) is 0 Å². The van der Waals surface area contributed by atoms with Gasteiger partial charge in [0.1, 0.15) is 5.01 Å². The average molecular weight is 328 g/mol. The van der Waals surface area contributed by atoms with Crippen molar-refractivity contribution in [2.75, 3.05) is 19.8 Å². The Morgan fingerprint density at radius 1 is 1.52 bits per heavy atom. The molecule has 112 valence electrons. The summed E-state index contributed by atoms with van der Waals surface area (Å²) in [5, 5.41) is 1.37. The Bertz CT molecular complexity index is 653. The molecule has 1 saturated heterocycles. The monoisotopic (exact) mass is 327 g/mol.